The molecule has 4 atom stereocenters. The fraction of sp³-hybridized carbons (Fsp3) is 0.389. The molecule has 1 fully saturated rings. The highest BCUT2D eigenvalue weighted by atomic mass is 32.2. The van der Waals surface area contributed by atoms with E-state index in [0.717, 1.165) is 11.1 Å². The number of nitrogens with zero attached hydrogens (tertiary/aromatic N) is 1. The molecule has 15 heteroatoms. The quantitative estimate of drug-likeness (QED) is 0.261. The molecule has 0 unspecified atom stereocenters. The summed E-state index contributed by atoms with van der Waals surface area (Å²) in [7, 11) is -2.47. The molecule has 1 saturated heterocycles. The molecule has 2 aliphatic heterocycles. The van der Waals surface area contributed by atoms with Gasteiger partial charge in [0.1, 0.15) is 29.4 Å². The van der Waals surface area contributed by atoms with Crippen molar-refractivity contribution in [3.63, 3.8) is 0 Å². The molecule has 3 heterocycles. The highest BCUT2D eigenvalue weighted by Gasteiger charge is 2.44. The average molecular weight is 741 g/mol. The van der Waals surface area contributed by atoms with Gasteiger partial charge in [0.05, 0.1) is 51.6 Å². The molecule has 3 aromatic carbocycles. The molecule has 2 bridgehead atoms. The fourth-order valence-corrected chi connectivity index (χ4v) is 8.68. The van der Waals surface area contributed by atoms with Crippen LogP contribution in [0.5, 0.6) is 11.5 Å². The molecular formula is C36H41N2O11PS. The van der Waals surface area contributed by atoms with Crippen LogP contribution in [-0.2, 0) is 44.2 Å². The third-order valence-corrected chi connectivity index (χ3v) is 11.7. The molecule has 2 aliphatic rings. The number of methoxy groups -OCH3 is 2. The molecule has 1 aromatic heterocycles. The molecule has 13 nitrogen and oxygen atoms in total. The van der Waals surface area contributed by atoms with Crippen LogP contribution in [0.3, 0.4) is 0 Å². The van der Waals surface area contributed by atoms with E-state index in [1.54, 1.807) is 34.1 Å². The number of ether oxygens (including phenoxy) is 4. The second-order valence-corrected chi connectivity index (χ2v) is 15.6. The standard InChI is InChI=1S/C36H41N2O11PS/c1-5-46-50-47-17-18-51(41,42)23-25-7-6-8-28(19-25)36(26-9-13-29(43-3)14-10-26,27-11-15-30(44-4)16-12-27)45-22-32-31(49-50)20-33(48-32)38-21-24(2)34(39)37-35(38)40/h6-16,19,21,31-33H,5,17-18,20,22-23H2,1-4H3,(H,37,39,40)/t31-,32+,33+,50-/m0/s1. The van der Waals surface area contributed by atoms with Crippen molar-refractivity contribution in [2.24, 2.45) is 0 Å². The molecule has 0 radical (unpaired) electrons. The maximum absolute atomic E-state index is 13.4. The summed E-state index contributed by atoms with van der Waals surface area (Å²) in [5.41, 5.74) is 0.623. The van der Waals surface area contributed by atoms with E-state index in [9.17, 15) is 18.0 Å². The normalized spacial score (nSPS) is 23.4. The summed E-state index contributed by atoms with van der Waals surface area (Å²) in [6, 6.07) is 22.3. The summed E-state index contributed by atoms with van der Waals surface area (Å²) in [5, 5.41) is 0. The van der Waals surface area contributed by atoms with Crippen molar-refractivity contribution in [3.8, 4) is 11.5 Å². The van der Waals surface area contributed by atoms with Crippen LogP contribution in [0.25, 0.3) is 0 Å². The lowest BCUT2D eigenvalue weighted by Crippen LogP contribution is -2.38. The van der Waals surface area contributed by atoms with E-state index in [2.05, 4.69) is 4.98 Å². The van der Waals surface area contributed by atoms with Crippen molar-refractivity contribution in [1.29, 1.82) is 0 Å². The number of rotatable bonds is 7. The minimum Gasteiger partial charge on any atom is -0.497 e. The number of fused-ring (bicyclic) bond motifs is 3. The van der Waals surface area contributed by atoms with Gasteiger partial charge in [0.15, 0.2) is 9.84 Å². The highest BCUT2D eigenvalue weighted by Crippen LogP contribution is 2.47. The van der Waals surface area contributed by atoms with Crippen molar-refractivity contribution in [2.75, 3.05) is 39.8 Å². The van der Waals surface area contributed by atoms with Gasteiger partial charge < -0.3 is 32.5 Å². The Bertz CT molecular complexity index is 1990. The molecule has 1 N–H and O–H groups in total. The van der Waals surface area contributed by atoms with Gasteiger partial charge in [0.2, 0.25) is 0 Å². The molecule has 6 rings (SSSR count). The van der Waals surface area contributed by atoms with E-state index >= 15 is 0 Å². The van der Waals surface area contributed by atoms with Gasteiger partial charge in [-0.25, -0.2) is 13.2 Å². The van der Waals surface area contributed by atoms with Crippen LogP contribution < -0.4 is 20.7 Å². The van der Waals surface area contributed by atoms with Gasteiger partial charge in [-0.15, -0.1) is 0 Å². The van der Waals surface area contributed by atoms with Gasteiger partial charge in [-0.2, -0.15) is 0 Å². The van der Waals surface area contributed by atoms with Gasteiger partial charge >= 0.3 is 14.3 Å². The Hall–Kier alpha value is -3.88. The number of hydrogen-bond acceptors (Lipinski definition) is 11. The number of aromatic nitrogens is 2. The zero-order valence-electron chi connectivity index (χ0n) is 28.8. The summed E-state index contributed by atoms with van der Waals surface area (Å²) in [6.45, 7) is 3.44. The van der Waals surface area contributed by atoms with Crippen molar-refractivity contribution < 1.29 is 40.9 Å². The summed E-state index contributed by atoms with van der Waals surface area (Å²) in [6.07, 6.45) is -0.680. The van der Waals surface area contributed by atoms with E-state index in [0.29, 0.717) is 28.2 Å². The molecular weight excluding hydrogens is 699 g/mol. The zero-order chi connectivity index (χ0) is 36.2. The number of aromatic amines is 1. The second-order valence-electron chi connectivity index (χ2n) is 12.2. The van der Waals surface area contributed by atoms with Crippen molar-refractivity contribution >= 4 is 18.4 Å². The lowest BCUT2D eigenvalue weighted by Gasteiger charge is -2.37. The SMILES string of the molecule is CCO[P@@]1OCCS(=O)(=O)Cc2cccc(c2)C(c2ccc(OC)cc2)(c2ccc(OC)cc2)OC[C@H]2O[C@@H](n3cc(C)c(=O)[nH]c3=O)C[C@@H]2O1. The van der Waals surface area contributed by atoms with Crippen molar-refractivity contribution in [1.82, 2.24) is 9.55 Å². The van der Waals surface area contributed by atoms with Crippen LogP contribution in [0.15, 0.2) is 88.6 Å². The van der Waals surface area contributed by atoms with Gasteiger partial charge in [0.25, 0.3) is 5.56 Å². The number of nitrogens with one attached hydrogen (secondary N) is 1. The van der Waals surface area contributed by atoms with E-state index in [1.165, 1.54) is 10.8 Å². The van der Waals surface area contributed by atoms with Gasteiger partial charge in [0, 0.05) is 18.2 Å². The van der Waals surface area contributed by atoms with Gasteiger partial charge in [-0.3, -0.25) is 14.3 Å². The predicted octanol–water partition coefficient (Wildman–Crippen LogP) is 4.75. The molecule has 0 aliphatic carbocycles. The molecule has 4 aromatic rings. The Balaban J connectivity index is 1.52. The Labute approximate surface area is 297 Å². The van der Waals surface area contributed by atoms with Crippen LogP contribution in [0.4, 0.5) is 0 Å². The first kappa shape index (κ1) is 36.9. The number of benzene rings is 3. The van der Waals surface area contributed by atoms with Crippen LogP contribution >= 0.6 is 8.60 Å². The smallest absolute Gasteiger partial charge is 0.333 e. The lowest BCUT2D eigenvalue weighted by atomic mass is 9.79. The monoisotopic (exact) mass is 740 g/mol. The number of hydrogen-bond donors (Lipinski definition) is 1. The second kappa shape index (κ2) is 15.8. The van der Waals surface area contributed by atoms with Crippen molar-refractivity contribution in [3.05, 3.63) is 128 Å². The Morgan fingerprint density at radius 2 is 1.61 bits per heavy atom. The third-order valence-electron chi connectivity index (χ3n) is 8.86. The van der Waals surface area contributed by atoms with Gasteiger partial charge in [-0.1, -0.05) is 48.5 Å². The molecule has 272 valence electrons. The lowest BCUT2D eigenvalue weighted by molar-refractivity contribution is -0.0930. The Kier molecular flexibility index (Phi) is 11.4. The van der Waals surface area contributed by atoms with E-state index in [-0.39, 0.29) is 37.7 Å². The Morgan fingerprint density at radius 3 is 2.24 bits per heavy atom. The Morgan fingerprint density at radius 1 is 0.941 bits per heavy atom. The molecule has 0 spiro atoms. The van der Waals surface area contributed by atoms with Crippen molar-refractivity contribution in [2.45, 2.75) is 50.1 Å². The minimum atomic E-state index is -3.63. The number of H-pyrrole nitrogens is 1. The van der Waals surface area contributed by atoms with Crippen LogP contribution in [0, 0.1) is 6.92 Å². The highest BCUT2D eigenvalue weighted by molar-refractivity contribution is 7.90. The summed E-state index contributed by atoms with van der Waals surface area (Å²) < 4.78 is 70.8. The first-order chi connectivity index (χ1) is 24.5. The zero-order valence-corrected chi connectivity index (χ0v) is 30.5. The minimum absolute atomic E-state index is 0.0475. The number of aryl methyl sites for hydroxylation is 1. The van der Waals surface area contributed by atoms with E-state index in [1.807, 2.05) is 66.7 Å². The van der Waals surface area contributed by atoms with E-state index < -0.39 is 53.7 Å². The molecule has 51 heavy (non-hydrogen) atoms. The summed E-state index contributed by atoms with van der Waals surface area (Å²) >= 11 is 0. The van der Waals surface area contributed by atoms with Gasteiger partial charge in [-0.05, 0) is 60.4 Å². The first-order valence-corrected chi connectivity index (χ1v) is 19.4. The predicted molar refractivity (Wildman–Crippen MR) is 190 cm³/mol. The van der Waals surface area contributed by atoms with Crippen LogP contribution in [0.2, 0.25) is 0 Å². The van der Waals surface area contributed by atoms with Crippen LogP contribution in [-0.4, -0.2) is 70.0 Å². The summed E-state index contributed by atoms with van der Waals surface area (Å²) in [5.74, 6) is 0.802. The topological polar surface area (TPSA) is 154 Å². The fourth-order valence-electron chi connectivity index (χ4n) is 6.30. The third kappa shape index (κ3) is 8.12. The first-order valence-electron chi connectivity index (χ1n) is 16.5. The molecule has 0 saturated carbocycles. The molecule has 0 amide bonds. The maximum atomic E-state index is 13.4. The summed E-state index contributed by atoms with van der Waals surface area (Å²) in [4.78, 5) is 27.5. The van der Waals surface area contributed by atoms with E-state index in [4.69, 9.17) is 32.5 Å². The largest absolute Gasteiger partial charge is 0.497 e. The number of sulfone groups is 1. The van der Waals surface area contributed by atoms with Crippen LogP contribution in [0.1, 0.15) is 47.4 Å². The maximum Gasteiger partial charge on any atom is 0.333 e. The average Bonchev–Trinajstić information content (AvgIpc) is 3.52.